The van der Waals surface area contributed by atoms with Crippen molar-refractivity contribution in [1.29, 1.82) is 0 Å². The minimum absolute atomic E-state index is 0.231. The van der Waals surface area contributed by atoms with Gasteiger partial charge in [0.05, 0.1) is 17.2 Å². The van der Waals surface area contributed by atoms with Crippen LogP contribution in [-0.4, -0.2) is 0 Å². The molecule has 0 N–H and O–H groups in total. The molecule has 4 aromatic rings. The largest absolute Gasteiger partial charge is 0.464 e. The van der Waals surface area contributed by atoms with Gasteiger partial charge in [0, 0.05) is 17.0 Å². The number of fused-ring (bicyclic) bond motifs is 3. The van der Waals surface area contributed by atoms with Crippen LogP contribution in [0.3, 0.4) is 0 Å². The van der Waals surface area contributed by atoms with E-state index in [9.17, 15) is 0 Å². The number of pyridine rings is 1. The molecule has 0 unspecified atom stereocenters. The van der Waals surface area contributed by atoms with E-state index in [2.05, 4.69) is 69.8 Å². The molecule has 0 aliphatic carbocycles. The van der Waals surface area contributed by atoms with Gasteiger partial charge in [-0.25, -0.2) is 4.57 Å². The van der Waals surface area contributed by atoms with Crippen LogP contribution in [0.25, 0.3) is 33.0 Å². The number of ether oxygens (including phenoxy) is 1. The van der Waals surface area contributed by atoms with Gasteiger partial charge in [0.25, 0.3) is 0 Å². The molecule has 3 nitrogen and oxygen atoms in total. The first-order valence-corrected chi connectivity index (χ1v) is 9.46. The maximum absolute atomic E-state index is 6.46. The van der Waals surface area contributed by atoms with E-state index in [0.717, 1.165) is 40.0 Å². The van der Waals surface area contributed by atoms with Gasteiger partial charge in [-0.1, -0.05) is 26.8 Å². The van der Waals surface area contributed by atoms with E-state index in [1.54, 1.807) is 6.26 Å². The number of rotatable bonds is 1. The van der Waals surface area contributed by atoms with Crippen LogP contribution in [0.15, 0.2) is 47.2 Å². The summed E-state index contributed by atoms with van der Waals surface area (Å²) in [6.07, 6.45) is 4.91. The predicted octanol–water partition coefficient (Wildman–Crippen LogP) is 6.08. The molecule has 0 atom stereocenters. The smallest absolute Gasteiger partial charge is 0.228 e. The van der Waals surface area contributed by atoms with E-state index >= 15 is 0 Å². The average molecular weight is 358 g/mol. The molecule has 0 saturated carbocycles. The number of furan rings is 1. The van der Waals surface area contributed by atoms with Crippen molar-refractivity contribution in [2.75, 3.05) is 0 Å². The topological polar surface area (TPSA) is 26.2 Å². The molecule has 0 spiro atoms. The van der Waals surface area contributed by atoms with Crippen molar-refractivity contribution in [1.82, 2.24) is 0 Å². The minimum Gasteiger partial charge on any atom is -0.464 e. The summed E-state index contributed by atoms with van der Waals surface area (Å²) in [6.45, 7) is 8.93. The quantitative estimate of drug-likeness (QED) is 0.339. The number of aryl methyl sites for hydroxylation is 2. The standard InChI is InChI=1S/C24H24NO2/c1-14-20-19(12-17-7-9-26-23(14)17)27-18-11-15(13-24(2,3)4)10-16-6-8-25(5)22(20)21(16)18/h6-12H,13H2,1-5H3/q+1. The molecule has 0 fully saturated rings. The molecule has 3 heterocycles. The number of benzene rings is 2. The van der Waals surface area contributed by atoms with Crippen LogP contribution in [0.5, 0.6) is 11.5 Å². The summed E-state index contributed by atoms with van der Waals surface area (Å²) in [7, 11) is 2.10. The fourth-order valence-corrected chi connectivity index (χ4v) is 4.36. The van der Waals surface area contributed by atoms with E-state index < -0.39 is 0 Å². The summed E-state index contributed by atoms with van der Waals surface area (Å²) >= 11 is 0. The Morgan fingerprint density at radius 3 is 2.59 bits per heavy atom. The average Bonchev–Trinajstić information content (AvgIpc) is 3.04. The molecule has 136 valence electrons. The van der Waals surface area contributed by atoms with Crippen LogP contribution in [0.4, 0.5) is 0 Å². The second-order valence-corrected chi connectivity index (χ2v) is 8.89. The van der Waals surface area contributed by atoms with Gasteiger partial charge >= 0.3 is 0 Å². The second-order valence-electron chi connectivity index (χ2n) is 8.89. The molecule has 1 aliphatic heterocycles. The monoisotopic (exact) mass is 358 g/mol. The van der Waals surface area contributed by atoms with Crippen molar-refractivity contribution < 1.29 is 13.7 Å². The van der Waals surface area contributed by atoms with E-state index in [0.29, 0.717) is 0 Å². The summed E-state index contributed by atoms with van der Waals surface area (Å²) < 4.78 is 14.4. The molecule has 5 rings (SSSR count). The van der Waals surface area contributed by atoms with E-state index in [1.165, 1.54) is 22.0 Å². The normalized spacial score (nSPS) is 13.1. The maximum atomic E-state index is 6.46. The lowest BCUT2D eigenvalue weighted by molar-refractivity contribution is -0.659. The zero-order valence-electron chi connectivity index (χ0n) is 16.5. The molecule has 2 aromatic heterocycles. The SMILES string of the molecule is Cc1c2c(cc3ccoc13)Oc1cc(CC(C)(C)C)cc3cc[n+](C)c-2c13. The van der Waals surface area contributed by atoms with E-state index in [1.807, 2.05) is 6.07 Å². The Morgan fingerprint density at radius 2 is 1.81 bits per heavy atom. The van der Waals surface area contributed by atoms with Crippen molar-refractivity contribution >= 4 is 21.7 Å². The second kappa shape index (κ2) is 5.35. The fourth-order valence-electron chi connectivity index (χ4n) is 4.36. The maximum Gasteiger partial charge on any atom is 0.228 e. The molecule has 0 bridgehead atoms. The van der Waals surface area contributed by atoms with Gasteiger partial charge in [-0.15, -0.1) is 0 Å². The van der Waals surface area contributed by atoms with Crippen molar-refractivity contribution in [3.8, 4) is 22.8 Å². The predicted molar refractivity (Wildman–Crippen MR) is 108 cm³/mol. The molecule has 0 saturated heterocycles. The highest BCUT2D eigenvalue weighted by atomic mass is 16.5. The first kappa shape index (κ1) is 16.4. The fraction of sp³-hybridized carbons (Fsp3) is 0.292. The molecule has 2 aromatic carbocycles. The minimum atomic E-state index is 0.231. The molecule has 1 aliphatic rings. The first-order valence-electron chi connectivity index (χ1n) is 9.46. The highest BCUT2D eigenvalue weighted by Crippen LogP contribution is 2.48. The van der Waals surface area contributed by atoms with Crippen LogP contribution in [-0.2, 0) is 13.5 Å². The Balaban J connectivity index is 1.85. The Hall–Kier alpha value is -2.81. The highest BCUT2D eigenvalue weighted by molar-refractivity contribution is 6.04. The van der Waals surface area contributed by atoms with Gasteiger partial charge < -0.3 is 9.15 Å². The van der Waals surface area contributed by atoms with Gasteiger partial charge in [-0.05, 0) is 47.9 Å². The number of hydrogen-bond acceptors (Lipinski definition) is 2. The van der Waals surface area contributed by atoms with Crippen LogP contribution in [0, 0.1) is 12.3 Å². The van der Waals surface area contributed by atoms with Crippen LogP contribution in [0.1, 0.15) is 31.9 Å². The summed E-state index contributed by atoms with van der Waals surface area (Å²) in [6, 6.07) is 10.8. The zero-order valence-corrected chi connectivity index (χ0v) is 16.5. The van der Waals surface area contributed by atoms with E-state index in [-0.39, 0.29) is 5.41 Å². The van der Waals surface area contributed by atoms with Gasteiger partial charge in [0.15, 0.2) is 6.20 Å². The number of hydrogen-bond donors (Lipinski definition) is 0. The molecule has 0 radical (unpaired) electrons. The Bertz CT molecular complexity index is 1230. The van der Waals surface area contributed by atoms with Crippen molar-refractivity contribution in [2.45, 2.75) is 34.1 Å². The van der Waals surface area contributed by atoms with Crippen LogP contribution >= 0.6 is 0 Å². The summed E-state index contributed by atoms with van der Waals surface area (Å²) in [5.74, 6) is 1.86. The van der Waals surface area contributed by atoms with Gasteiger partial charge in [0.1, 0.15) is 24.1 Å². The summed E-state index contributed by atoms with van der Waals surface area (Å²) in [5.41, 5.74) is 5.93. The first-order chi connectivity index (χ1) is 12.8. The van der Waals surface area contributed by atoms with Crippen molar-refractivity contribution in [2.24, 2.45) is 12.5 Å². The van der Waals surface area contributed by atoms with Gasteiger partial charge in [-0.2, -0.15) is 0 Å². The zero-order chi connectivity index (χ0) is 18.9. The molecule has 3 heteroatoms. The third-order valence-corrected chi connectivity index (χ3v) is 5.40. The van der Waals surface area contributed by atoms with Crippen LogP contribution < -0.4 is 9.30 Å². The Kier molecular flexibility index (Phi) is 3.24. The number of nitrogens with zero attached hydrogens (tertiary/aromatic N) is 1. The van der Waals surface area contributed by atoms with Crippen molar-refractivity contribution in [3.63, 3.8) is 0 Å². The van der Waals surface area contributed by atoms with Gasteiger partial charge in [0.2, 0.25) is 5.69 Å². The third kappa shape index (κ3) is 2.45. The number of aromatic nitrogens is 1. The summed E-state index contributed by atoms with van der Waals surface area (Å²) in [5, 5.41) is 3.49. The molecule has 0 amide bonds. The molecular weight excluding hydrogens is 334 g/mol. The van der Waals surface area contributed by atoms with E-state index in [4.69, 9.17) is 9.15 Å². The summed E-state index contributed by atoms with van der Waals surface area (Å²) in [4.78, 5) is 0. The Morgan fingerprint density at radius 1 is 1.00 bits per heavy atom. The molecular formula is C24H24NO2+. The molecule has 27 heavy (non-hydrogen) atoms. The van der Waals surface area contributed by atoms with Crippen LogP contribution in [0.2, 0.25) is 0 Å². The van der Waals surface area contributed by atoms with Crippen molar-refractivity contribution in [3.05, 3.63) is 53.9 Å². The lowest BCUT2D eigenvalue weighted by atomic mass is 9.86. The van der Waals surface area contributed by atoms with Gasteiger partial charge in [-0.3, -0.25) is 0 Å². The highest BCUT2D eigenvalue weighted by Gasteiger charge is 2.31. The third-order valence-electron chi connectivity index (χ3n) is 5.40. The lowest BCUT2D eigenvalue weighted by Crippen LogP contribution is -2.31. The Labute approximate surface area is 159 Å². The lowest BCUT2D eigenvalue weighted by Gasteiger charge is -2.23.